The lowest BCUT2D eigenvalue weighted by atomic mass is 9.93. The van der Waals surface area contributed by atoms with Crippen molar-refractivity contribution >= 4 is 33.2 Å². The summed E-state index contributed by atoms with van der Waals surface area (Å²) >= 11 is 5.00. The molecule has 2 heterocycles. The largest absolute Gasteiger partial charge is 0.344 e. The number of nitrogens with one attached hydrogen (secondary N) is 2. The quantitative estimate of drug-likeness (QED) is 0.881. The van der Waals surface area contributed by atoms with Gasteiger partial charge in [0.1, 0.15) is 0 Å². The molecule has 0 saturated carbocycles. The molecular weight excluding hydrogens is 326 g/mol. The minimum atomic E-state index is -0.00750. The monoisotopic (exact) mass is 339 g/mol. The molecule has 2 N–H and O–H groups in total. The number of amides is 1. The molecule has 0 radical (unpaired) electrons. The Balaban J connectivity index is 1.80. The number of H-pyrrole nitrogens is 1. The third kappa shape index (κ3) is 2.47. The maximum atomic E-state index is 12.3. The molecule has 0 saturated heterocycles. The van der Waals surface area contributed by atoms with E-state index in [-0.39, 0.29) is 11.9 Å². The van der Waals surface area contributed by atoms with Crippen LogP contribution < -0.4 is 5.32 Å². The molecule has 0 aliphatic heterocycles. The first-order chi connectivity index (χ1) is 9.15. The fourth-order valence-corrected chi connectivity index (χ4v) is 4.20. The second-order valence-electron chi connectivity index (χ2n) is 4.75. The molecule has 2 aromatic heterocycles. The number of fused-ring (bicyclic) bond motifs is 1. The Hall–Kier alpha value is -1.14. The van der Waals surface area contributed by atoms with Crippen molar-refractivity contribution in [3.63, 3.8) is 0 Å². The van der Waals surface area contributed by atoms with Gasteiger partial charge in [0, 0.05) is 4.88 Å². The van der Waals surface area contributed by atoms with Gasteiger partial charge in [0.25, 0.3) is 5.91 Å². The van der Waals surface area contributed by atoms with Crippen molar-refractivity contribution in [3.05, 3.63) is 37.7 Å². The van der Waals surface area contributed by atoms with E-state index in [2.05, 4.69) is 31.4 Å². The van der Waals surface area contributed by atoms with E-state index in [9.17, 15) is 4.79 Å². The SMILES string of the molecule is Cc1sc(Br)cc1C(=O)NC1CCCc2cn[nH]c21. The Morgan fingerprint density at radius 3 is 3.21 bits per heavy atom. The zero-order valence-electron chi connectivity index (χ0n) is 10.5. The van der Waals surface area contributed by atoms with Gasteiger partial charge in [-0.1, -0.05) is 0 Å². The summed E-state index contributed by atoms with van der Waals surface area (Å²) < 4.78 is 0.987. The first-order valence-corrected chi connectivity index (χ1v) is 7.85. The van der Waals surface area contributed by atoms with E-state index in [1.54, 1.807) is 11.3 Å². The minimum Gasteiger partial charge on any atom is -0.344 e. The molecule has 3 rings (SSSR count). The van der Waals surface area contributed by atoms with Crippen LogP contribution in [0.1, 0.15) is 45.4 Å². The van der Waals surface area contributed by atoms with Gasteiger partial charge >= 0.3 is 0 Å². The van der Waals surface area contributed by atoms with E-state index in [0.717, 1.165) is 39.2 Å². The Kier molecular flexibility index (Phi) is 3.45. The van der Waals surface area contributed by atoms with Gasteiger partial charge in [-0.25, -0.2) is 0 Å². The number of nitrogens with zero attached hydrogens (tertiary/aromatic N) is 1. The molecule has 19 heavy (non-hydrogen) atoms. The van der Waals surface area contributed by atoms with Gasteiger partial charge in [-0.15, -0.1) is 11.3 Å². The molecule has 1 unspecified atom stereocenters. The molecule has 0 aromatic carbocycles. The number of aromatic nitrogens is 2. The van der Waals surface area contributed by atoms with Crippen molar-refractivity contribution in [1.29, 1.82) is 0 Å². The van der Waals surface area contributed by atoms with E-state index in [1.807, 2.05) is 19.2 Å². The van der Waals surface area contributed by atoms with Crippen LogP contribution in [0.5, 0.6) is 0 Å². The standard InChI is InChI=1S/C13H14BrN3OS/c1-7-9(5-11(14)19-7)13(18)16-10-4-2-3-8-6-15-17-12(8)10/h5-6,10H,2-4H2,1H3,(H,15,17)(H,16,18). The molecule has 0 fully saturated rings. The second-order valence-corrected chi connectivity index (χ2v) is 7.38. The van der Waals surface area contributed by atoms with Crippen LogP contribution >= 0.6 is 27.3 Å². The van der Waals surface area contributed by atoms with Gasteiger partial charge in [0.2, 0.25) is 0 Å². The van der Waals surface area contributed by atoms with Crippen LogP contribution in [0.3, 0.4) is 0 Å². The molecule has 2 aromatic rings. The summed E-state index contributed by atoms with van der Waals surface area (Å²) in [5, 5.41) is 10.2. The number of hydrogen-bond donors (Lipinski definition) is 2. The normalized spacial score (nSPS) is 18.1. The number of thiophene rings is 1. The van der Waals surface area contributed by atoms with Gasteiger partial charge in [-0.05, 0) is 53.7 Å². The van der Waals surface area contributed by atoms with Crippen LogP contribution in [0.4, 0.5) is 0 Å². The molecule has 1 atom stereocenters. The fraction of sp³-hybridized carbons (Fsp3) is 0.385. The number of hydrogen-bond acceptors (Lipinski definition) is 3. The predicted octanol–water partition coefficient (Wildman–Crippen LogP) is 3.35. The average molecular weight is 340 g/mol. The molecule has 6 heteroatoms. The van der Waals surface area contributed by atoms with E-state index < -0.39 is 0 Å². The first kappa shape index (κ1) is 12.9. The highest BCUT2D eigenvalue weighted by atomic mass is 79.9. The van der Waals surface area contributed by atoms with Gasteiger partial charge in [-0.2, -0.15) is 5.10 Å². The van der Waals surface area contributed by atoms with Crippen LogP contribution in [0.15, 0.2) is 16.0 Å². The Bertz CT molecular complexity index is 619. The van der Waals surface area contributed by atoms with Crippen LogP contribution in [0, 0.1) is 6.92 Å². The van der Waals surface area contributed by atoms with Gasteiger partial charge in [0.05, 0.1) is 27.3 Å². The Morgan fingerprint density at radius 1 is 1.63 bits per heavy atom. The molecule has 0 spiro atoms. The van der Waals surface area contributed by atoms with Gasteiger partial charge < -0.3 is 5.32 Å². The van der Waals surface area contributed by atoms with Crippen molar-refractivity contribution in [3.8, 4) is 0 Å². The molecule has 1 aliphatic carbocycles. The van der Waals surface area contributed by atoms with Crippen molar-refractivity contribution in [2.24, 2.45) is 0 Å². The van der Waals surface area contributed by atoms with Gasteiger partial charge in [0.15, 0.2) is 0 Å². The van der Waals surface area contributed by atoms with E-state index >= 15 is 0 Å². The highest BCUT2D eigenvalue weighted by molar-refractivity contribution is 9.11. The van der Waals surface area contributed by atoms with Gasteiger partial charge in [-0.3, -0.25) is 9.89 Å². The third-order valence-electron chi connectivity index (χ3n) is 3.48. The van der Waals surface area contributed by atoms with E-state index in [4.69, 9.17) is 0 Å². The number of aryl methyl sites for hydroxylation is 2. The highest BCUT2D eigenvalue weighted by Crippen LogP contribution is 2.30. The number of carbonyl (C=O) groups is 1. The van der Waals surface area contributed by atoms with E-state index in [0.29, 0.717) is 0 Å². The second kappa shape index (κ2) is 5.09. The summed E-state index contributed by atoms with van der Waals surface area (Å²) in [5.41, 5.74) is 3.04. The topological polar surface area (TPSA) is 57.8 Å². The number of carbonyl (C=O) groups excluding carboxylic acids is 1. The molecular formula is C13H14BrN3OS. The summed E-state index contributed by atoms with van der Waals surface area (Å²) in [5.74, 6) is -0.00750. The summed E-state index contributed by atoms with van der Waals surface area (Å²) in [6.07, 6.45) is 4.95. The predicted molar refractivity (Wildman–Crippen MR) is 78.5 cm³/mol. The van der Waals surface area contributed by atoms with Crippen molar-refractivity contribution in [2.75, 3.05) is 0 Å². The van der Waals surface area contributed by atoms with E-state index in [1.165, 1.54) is 5.56 Å². The molecule has 0 bridgehead atoms. The van der Waals surface area contributed by atoms with Crippen molar-refractivity contribution in [2.45, 2.75) is 32.2 Å². The maximum Gasteiger partial charge on any atom is 0.252 e. The lowest BCUT2D eigenvalue weighted by Gasteiger charge is -2.22. The molecule has 100 valence electrons. The number of halogens is 1. The lowest BCUT2D eigenvalue weighted by Crippen LogP contribution is -2.31. The third-order valence-corrected chi connectivity index (χ3v) is 5.03. The zero-order chi connectivity index (χ0) is 13.4. The van der Waals surface area contributed by atoms with Crippen molar-refractivity contribution in [1.82, 2.24) is 15.5 Å². The molecule has 1 amide bonds. The van der Waals surface area contributed by atoms with Crippen LogP contribution in [-0.2, 0) is 6.42 Å². The van der Waals surface area contributed by atoms with Crippen molar-refractivity contribution < 1.29 is 4.79 Å². The summed E-state index contributed by atoms with van der Waals surface area (Å²) in [6, 6.07) is 1.93. The average Bonchev–Trinajstić information content (AvgIpc) is 2.96. The summed E-state index contributed by atoms with van der Waals surface area (Å²) in [7, 11) is 0. The molecule has 4 nitrogen and oxygen atoms in total. The highest BCUT2D eigenvalue weighted by Gasteiger charge is 2.24. The Morgan fingerprint density at radius 2 is 2.47 bits per heavy atom. The summed E-state index contributed by atoms with van der Waals surface area (Å²) in [4.78, 5) is 13.4. The fourth-order valence-electron chi connectivity index (χ4n) is 2.51. The minimum absolute atomic E-state index is 0.00750. The Labute approximate surface area is 123 Å². The van der Waals surface area contributed by atoms with Crippen LogP contribution in [0.25, 0.3) is 0 Å². The van der Waals surface area contributed by atoms with Crippen LogP contribution in [-0.4, -0.2) is 16.1 Å². The van der Waals surface area contributed by atoms with Crippen LogP contribution in [0.2, 0.25) is 0 Å². The first-order valence-electron chi connectivity index (χ1n) is 6.24. The smallest absolute Gasteiger partial charge is 0.252 e. The number of rotatable bonds is 2. The zero-order valence-corrected chi connectivity index (χ0v) is 12.9. The molecule has 1 aliphatic rings. The summed E-state index contributed by atoms with van der Waals surface area (Å²) in [6.45, 7) is 1.97. The lowest BCUT2D eigenvalue weighted by molar-refractivity contribution is 0.0931. The maximum absolute atomic E-state index is 12.3. The number of aromatic amines is 1.